The Hall–Kier alpha value is -0.940. The zero-order valence-electron chi connectivity index (χ0n) is 13.7. The molecule has 0 aromatic heterocycles. The number of benzene rings is 2. The fourth-order valence-corrected chi connectivity index (χ4v) is 3.89. The molecular formula is C18H20Cl2N2S2. The number of halogens is 2. The molecule has 0 aliphatic rings. The van der Waals surface area contributed by atoms with Crippen molar-refractivity contribution in [1.82, 2.24) is 5.32 Å². The Kier molecular flexibility index (Phi) is 7.69. The van der Waals surface area contributed by atoms with Gasteiger partial charge in [0.25, 0.3) is 0 Å². The van der Waals surface area contributed by atoms with Crippen molar-refractivity contribution in [3.05, 3.63) is 63.1 Å². The maximum Gasteiger partial charge on any atom is 0.170 e. The third-order valence-corrected chi connectivity index (χ3v) is 5.55. The largest absolute Gasteiger partial charge is 0.362 e. The number of aryl methyl sites for hydroxylation is 2. The highest BCUT2D eigenvalue weighted by Gasteiger charge is 2.05. The molecule has 24 heavy (non-hydrogen) atoms. The number of thiocarbonyl (C=S) groups is 1. The van der Waals surface area contributed by atoms with E-state index in [1.165, 1.54) is 11.1 Å². The van der Waals surface area contributed by atoms with E-state index in [1.54, 1.807) is 11.8 Å². The van der Waals surface area contributed by atoms with Crippen molar-refractivity contribution in [2.75, 3.05) is 17.6 Å². The van der Waals surface area contributed by atoms with Crippen LogP contribution in [0.4, 0.5) is 5.69 Å². The van der Waals surface area contributed by atoms with Gasteiger partial charge in [0.2, 0.25) is 0 Å². The Morgan fingerprint density at radius 1 is 1.08 bits per heavy atom. The topological polar surface area (TPSA) is 24.1 Å². The highest BCUT2D eigenvalue weighted by atomic mass is 35.5. The van der Waals surface area contributed by atoms with Gasteiger partial charge in [-0.1, -0.05) is 35.3 Å². The minimum absolute atomic E-state index is 0.634. The van der Waals surface area contributed by atoms with Crippen molar-refractivity contribution in [1.29, 1.82) is 0 Å². The molecule has 2 aromatic rings. The molecule has 0 aliphatic carbocycles. The van der Waals surface area contributed by atoms with Crippen LogP contribution in [0.2, 0.25) is 10.0 Å². The highest BCUT2D eigenvalue weighted by Crippen LogP contribution is 2.27. The van der Waals surface area contributed by atoms with Crippen molar-refractivity contribution < 1.29 is 0 Å². The van der Waals surface area contributed by atoms with Crippen LogP contribution in [0.15, 0.2) is 36.4 Å². The summed E-state index contributed by atoms with van der Waals surface area (Å²) >= 11 is 19.4. The van der Waals surface area contributed by atoms with Crippen LogP contribution in [-0.4, -0.2) is 17.4 Å². The molecule has 0 saturated carbocycles. The molecular weight excluding hydrogens is 379 g/mol. The van der Waals surface area contributed by atoms with Gasteiger partial charge in [0.1, 0.15) is 0 Å². The van der Waals surface area contributed by atoms with Crippen LogP contribution in [0.3, 0.4) is 0 Å². The Bertz CT molecular complexity index is 700. The predicted molar refractivity (Wildman–Crippen MR) is 113 cm³/mol. The van der Waals surface area contributed by atoms with E-state index in [9.17, 15) is 0 Å². The first kappa shape index (κ1) is 19.4. The molecule has 0 spiro atoms. The normalized spacial score (nSPS) is 10.5. The molecule has 0 radical (unpaired) electrons. The molecule has 2 rings (SSSR count). The third-order valence-electron chi connectivity index (χ3n) is 3.60. The summed E-state index contributed by atoms with van der Waals surface area (Å²) in [5.74, 6) is 1.70. The molecule has 0 amide bonds. The van der Waals surface area contributed by atoms with Crippen molar-refractivity contribution in [3.63, 3.8) is 0 Å². The molecule has 0 fully saturated rings. The Morgan fingerprint density at radius 3 is 2.46 bits per heavy atom. The number of hydrogen-bond acceptors (Lipinski definition) is 2. The average molecular weight is 399 g/mol. The van der Waals surface area contributed by atoms with Crippen LogP contribution < -0.4 is 10.6 Å². The lowest BCUT2D eigenvalue weighted by Crippen LogP contribution is -2.30. The van der Waals surface area contributed by atoms with E-state index in [2.05, 4.69) is 36.6 Å². The predicted octanol–water partition coefficient (Wildman–Crippen LogP) is 5.83. The van der Waals surface area contributed by atoms with Crippen LogP contribution >= 0.6 is 47.2 Å². The van der Waals surface area contributed by atoms with E-state index in [0.717, 1.165) is 39.3 Å². The number of thioether (sulfide) groups is 1. The molecule has 6 heteroatoms. The van der Waals surface area contributed by atoms with E-state index in [1.807, 2.05) is 24.3 Å². The van der Waals surface area contributed by atoms with Gasteiger partial charge in [0.15, 0.2) is 5.11 Å². The van der Waals surface area contributed by atoms with Gasteiger partial charge >= 0.3 is 0 Å². The minimum atomic E-state index is 0.634. The Balaban J connectivity index is 1.70. The molecule has 0 bridgehead atoms. The van der Waals surface area contributed by atoms with E-state index >= 15 is 0 Å². The van der Waals surface area contributed by atoms with Crippen LogP contribution in [0, 0.1) is 13.8 Å². The second-order valence-electron chi connectivity index (χ2n) is 5.43. The zero-order chi connectivity index (χ0) is 17.5. The van der Waals surface area contributed by atoms with Gasteiger partial charge in [-0.3, -0.25) is 0 Å². The summed E-state index contributed by atoms with van der Waals surface area (Å²) in [7, 11) is 0. The smallest absolute Gasteiger partial charge is 0.170 e. The lowest BCUT2D eigenvalue weighted by atomic mass is 10.1. The van der Waals surface area contributed by atoms with Crippen LogP contribution in [0.25, 0.3) is 0 Å². The van der Waals surface area contributed by atoms with Crippen molar-refractivity contribution in [2.45, 2.75) is 19.6 Å². The van der Waals surface area contributed by atoms with Crippen molar-refractivity contribution >= 4 is 58.0 Å². The van der Waals surface area contributed by atoms with Gasteiger partial charge in [-0.2, -0.15) is 11.8 Å². The SMILES string of the molecule is Cc1ccc(NC(=S)NCCSCc2c(Cl)cccc2Cl)cc1C. The van der Waals surface area contributed by atoms with Gasteiger partial charge in [0, 0.05) is 33.8 Å². The first-order chi connectivity index (χ1) is 11.5. The summed E-state index contributed by atoms with van der Waals surface area (Å²) < 4.78 is 0. The van der Waals surface area contributed by atoms with E-state index in [4.69, 9.17) is 35.4 Å². The quantitative estimate of drug-likeness (QED) is 0.471. The summed E-state index contributed by atoms with van der Waals surface area (Å²) in [6.45, 7) is 4.97. The fraction of sp³-hybridized carbons (Fsp3) is 0.278. The molecule has 0 atom stereocenters. The molecule has 0 saturated heterocycles. The van der Waals surface area contributed by atoms with Crippen LogP contribution in [0.1, 0.15) is 16.7 Å². The van der Waals surface area contributed by atoms with E-state index in [-0.39, 0.29) is 0 Å². The number of rotatable bonds is 6. The van der Waals surface area contributed by atoms with E-state index in [0.29, 0.717) is 5.11 Å². The summed E-state index contributed by atoms with van der Waals surface area (Å²) in [6, 6.07) is 11.8. The number of hydrogen-bond donors (Lipinski definition) is 2. The monoisotopic (exact) mass is 398 g/mol. The molecule has 2 nitrogen and oxygen atoms in total. The van der Waals surface area contributed by atoms with Crippen molar-refractivity contribution in [2.24, 2.45) is 0 Å². The summed E-state index contributed by atoms with van der Waals surface area (Å²) in [4.78, 5) is 0. The maximum absolute atomic E-state index is 6.16. The molecule has 0 heterocycles. The van der Waals surface area contributed by atoms with Gasteiger partial charge < -0.3 is 10.6 Å². The number of nitrogens with one attached hydrogen (secondary N) is 2. The minimum Gasteiger partial charge on any atom is -0.362 e. The van der Waals surface area contributed by atoms with Gasteiger partial charge in [-0.05, 0) is 67.0 Å². The second-order valence-corrected chi connectivity index (χ2v) is 7.76. The summed E-state index contributed by atoms with van der Waals surface area (Å²) in [5.41, 5.74) is 4.51. The highest BCUT2D eigenvalue weighted by molar-refractivity contribution is 7.98. The maximum atomic E-state index is 6.16. The van der Waals surface area contributed by atoms with Crippen LogP contribution in [0.5, 0.6) is 0 Å². The first-order valence-corrected chi connectivity index (χ1v) is 9.92. The number of anilines is 1. The molecule has 128 valence electrons. The lowest BCUT2D eigenvalue weighted by molar-refractivity contribution is 0.989. The average Bonchev–Trinajstić information content (AvgIpc) is 2.53. The lowest BCUT2D eigenvalue weighted by Gasteiger charge is -2.12. The standard InChI is InChI=1S/C18H20Cl2N2S2/c1-12-6-7-14(10-13(12)2)22-18(23)21-8-9-24-11-15-16(19)4-3-5-17(15)20/h3-7,10H,8-9,11H2,1-2H3,(H2,21,22,23). The van der Waals surface area contributed by atoms with Gasteiger partial charge in [-0.15, -0.1) is 0 Å². The summed E-state index contributed by atoms with van der Waals surface area (Å²) in [5, 5.41) is 8.49. The Labute approximate surface area is 163 Å². The Morgan fingerprint density at radius 2 is 1.79 bits per heavy atom. The molecule has 0 unspecified atom stereocenters. The van der Waals surface area contributed by atoms with Crippen LogP contribution in [-0.2, 0) is 5.75 Å². The second kappa shape index (κ2) is 9.52. The van der Waals surface area contributed by atoms with Gasteiger partial charge in [-0.25, -0.2) is 0 Å². The first-order valence-electron chi connectivity index (χ1n) is 7.60. The molecule has 2 aromatic carbocycles. The van der Waals surface area contributed by atoms with E-state index < -0.39 is 0 Å². The zero-order valence-corrected chi connectivity index (χ0v) is 16.8. The molecule has 0 aliphatic heterocycles. The fourth-order valence-electron chi connectivity index (χ4n) is 2.08. The summed E-state index contributed by atoms with van der Waals surface area (Å²) in [6.07, 6.45) is 0. The molecule has 2 N–H and O–H groups in total. The third kappa shape index (κ3) is 5.85. The van der Waals surface area contributed by atoms with Crippen molar-refractivity contribution in [3.8, 4) is 0 Å². The van der Waals surface area contributed by atoms with Gasteiger partial charge in [0.05, 0.1) is 0 Å².